The average molecular weight is 421 g/mol. The highest BCUT2D eigenvalue weighted by atomic mass is 35.5. The smallest absolute Gasteiger partial charge is 0.170 e. The van der Waals surface area contributed by atoms with Crippen LogP contribution in [0.25, 0.3) is 0 Å². The van der Waals surface area contributed by atoms with E-state index in [1.807, 2.05) is 30.3 Å². The highest BCUT2D eigenvalue weighted by molar-refractivity contribution is 6.30. The number of aromatic nitrogens is 3. The Morgan fingerprint density at radius 2 is 1.87 bits per heavy atom. The van der Waals surface area contributed by atoms with Gasteiger partial charge in [0.2, 0.25) is 0 Å². The van der Waals surface area contributed by atoms with Crippen LogP contribution in [0.2, 0.25) is 5.02 Å². The molecule has 1 aliphatic heterocycles. The first kappa shape index (κ1) is 19.2. The van der Waals surface area contributed by atoms with Gasteiger partial charge in [0.15, 0.2) is 5.78 Å². The third-order valence-electron chi connectivity index (χ3n) is 6.25. The van der Waals surface area contributed by atoms with Crippen LogP contribution in [0.4, 0.5) is 0 Å². The van der Waals surface area contributed by atoms with E-state index in [0.29, 0.717) is 5.02 Å². The number of nitrogens with zero attached hydrogens (tertiary/aromatic N) is 3. The quantitative estimate of drug-likeness (QED) is 0.658. The number of Topliss-reactive ketones (excluding diaryl/α,β-unsaturated/α-hetero) is 2. The number of halogens is 1. The number of fused-ring (bicyclic) bond motifs is 1. The lowest BCUT2D eigenvalue weighted by molar-refractivity contribution is -0.141. The number of hydrogen-bond donors (Lipinski definition) is 1. The molecule has 6 nitrogen and oxygen atoms in total. The van der Waals surface area contributed by atoms with Crippen LogP contribution in [0.15, 0.2) is 61.2 Å². The molecule has 0 saturated heterocycles. The van der Waals surface area contributed by atoms with Gasteiger partial charge in [-0.3, -0.25) is 9.59 Å². The molecule has 0 radical (unpaired) electrons. The van der Waals surface area contributed by atoms with Crippen molar-refractivity contribution in [3.63, 3.8) is 0 Å². The zero-order chi connectivity index (χ0) is 20.7. The summed E-state index contributed by atoms with van der Waals surface area (Å²) in [5.41, 5.74) is 3.13. The van der Waals surface area contributed by atoms with E-state index >= 15 is 0 Å². The SMILES string of the molecule is O=C1C[C@H](c2ccc(Cl)cc2)[C@@H](n2cncn2)C(=O)[C@@H]1[C@@H]1NCCc2ccccc21. The van der Waals surface area contributed by atoms with Gasteiger partial charge < -0.3 is 5.32 Å². The van der Waals surface area contributed by atoms with Gasteiger partial charge in [0.05, 0.1) is 5.92 Å². The predicted octanol–water partition coefficient (Wildman–Crippen LogP) is 3.30. The minimum Gasteiger partial charge on any atom is -0.309 e. The highest BCUT2D eigenvalue weighted by Crippen LogP contribution is 2.44. The standard InChI is InChI=1S/C23H21ClN4O2/c24-16-7-5-15(6-8-16)18-11-19(29)20(23(30)22(18)28-13-25-12-27-28)21-17-4-2-1-3-14(17)9-10-26-21/h1-8,12-13,18,20-22,26H,9-11H2/t18-,20+,21-,22-/m1/s1. The summed E-state index contributed by atoms with van der Waals surface area (Å²) in [6.07, 6.45) is 4.14. The molecule has 2 aromatic carbocycles. The Kier molecular flexibility index (Phi) is 4.97. The minimum atomic E-state index is -0.746. The molecule has 2 aliphatic rings. The van der Waals surface area contributed by atoms with E-state index in [2.05, 4.69) is 21.5 Å². The van der Waals surface area contributed by atoms with Crippen molar-refractivity contribution in [1.29, 1.82) is 0 Å². The maximum absolute atomic E-state index is 13.8. The van der Waals surface area contributed by atoms with Gasteiger partial charge in [-0.2, -0.15) is 5.10 Å². The van der Waals surface area contributed by atoms with Crippen molar-refractivity contribution in [3.8, 4) is 0 Å². The molecule has 1 aromatic heterocycles. The second-order valence-corrected chi connectivity index (χ2v) is 8.35. The van der Waals surface area contributed by atoms with Crippen LogP contribution >= 0.6 is 11.6 Å². The fourth-order valence-electron chi connectivity index (χ4n) is 4.87. The van der Waals surface area contributed by atoms with Crippen molar-refractivity contribution in [2.75, 3.05) is 6.54 Å². The number of carbonyl (C=O) groups excluding carboxylic acids is 2. The van der Waals surface area contributed by atoms with Gasteiger partial charge in [-0.25, -0.2) is 9.67 Å². The van der Waals surface area contributed by atoms with Gasteiger partial charge in [0.25, 0.3) is 0 Å². The van der Waals surface area contributed by atoms with Crippen LogP contribution in [0.1, 0.15) is 41.1 Å². The molecule has 0 unspecified atom stereocenters. The van der Waals surface area contributed by atoms with E-state index in [4.69, 9.17) is 11.6 Å². The van der Waals surface area contributed by atoms with E-state index in [0.717, 1.165) is 24.1 Å². The summed E-state index contributed by atoms with van der Waals surface area (Å²) in [5, 5.41) is 8.30. The van der Waals surface area contributed by atoms with Gasteiger partial charge in [-0.1, -0.05) is 48.0 Å². The number of ketones is 2. The van der Waals surface area contributed by atoms with Crippen LogP contribution in [0, 0.1) is 5.92 Å². The molecule has 5 rings (SSSR count). The van der Waals surface area contributed by atoms with E-state index < -0.39 is 12.0 Å². The lowest BCUT2D eigenvalue weighted by atomic mass is 9.69. The monoisotopic (exact) mass is 420 g/mol. The Labute approximate surface area is 179 Å². The second-order valence-electron chi connectivity index (χ2n) is 7.91. The van der Waals surface area contributed by atoms with Crippen LogP contribution in [-0.2, 0) is 16.0 Å². The number of hydrogen-bond acceptors (Lipinski definition) is 5. The fourth-order valence-corrected chi connectivity index (χ4v) is 4.99. The molecule has 152 valence electrons. The largest absolute Gasteiger partial charge is 0.309 e. The van der Waals surface area contributed by atoms with Crippen LogP contribution in [0.3, 0.4) is 0 Å². The van der Waals surface area contributed by atoms with Gasteiger partial charge in [0.1, 0.15) is 24.5 Å². The molecule has 0 amide bonds. The van der Waals surface area contributed by atoms with Crippen molar-refractivity contribution in [2.45, 2.75) is 30.8 Å². The molecule has 1 fully saturated rings. The first-order valence-corrected chi connectivity index (χ1v) is 10.5. The Morgan fingerprint density at radius 1 is 1.07 bits per heavy atom. The Hall–Kier alpha value is -2.83. The summed E-state index contributed by atoms with van der Waals surface area (Å²) in [7, 11) is 0. The number of carbonyl (C=O) groups is 2. The predicted molar refractivity (Wildman–Crippen MR) is 112 cm³/mol. The van der Waals surface area contributed by atoms with Crippen molar-refractivity contribution in [3.05, 3.63) is 82.9 Å². The van der Waals surface area contributed by atoms with E-state index in [9.17, 15) is 9.59 Å². The van der Waals surface area contributed by atoms with Gasteiger partial charge in [0, 0.05) is 23.4 Å². The molecule has 3 aromatic rings. The lowest BCUT2D eigenvalue weighted by Gasteiger charge is -2.39. The number of nitrogens with one attached hydrogen (secondary N) is 1. The molecule has 1 N–H and O–H groups in total. The molecule has 1 aliphatic carbocycles. The van der Waals surface area contributed by atoms with Gasteiger partial charge in [-0.05, 0) is 41.8 Å². The molecule has 0 bridgehead atoms. The molecule has 2 heterocycles. The molecule has 30 heavy (non-hydrogen) atoms. The van der Waals surface area contributed by atoms with Crippen LogP contribution < -0.4 is 5.32 Å². The summed E-state index contributed by atoms with van der Waals surface area (Å²) in [6.45, 7) is 0.743. The average Bonchev–Trinajstić information content (AvgIpc) is 3.28. The first-order chi connectivity index (χ1) is 14.6. The first-order valence-electron chi connectivity index (χ1n) is 10.1. The van der Waals surface area contributed by atoms with Gasteiger partial charge >= 0.3 is 0 Å². The van der Waals surface area contributed by atoms with Crippen LogP contribution in [0.5, 0.6) is 0 Å². The normalized spacial score (nSPS) is 26.4. The number of benzene rings is 2. The molecule has 7 heteroatoms. The van der Waals surface area contributed by atoms with E-state index in [-0.39, 0.29) is 29.9 Å². The summed E-state index contributed by atoms with van der Waals surface area (Å²) >= 11 is 6.05. The zero-order valence-electron chi connectivity index (χ0n) is 16.2. The van der Waals surface area contributed by atoms with E-state index in [1.54, 1.807) is 23.1 Å². The fraction of sp³-hybridized carbons (Fsp3) is 0.304. The van der Waals surface area contributed by atoms with Crippen molar-refractivity contribution in [2.24, 2.45) is 5.92 Å². The van der Waals surface area contributed by atoms with Crippen LogP contribution in [-0.4, -0.2) is 32.9 Å². The Morgan fingerprint density at radius 3 is 2.63 bits per heavy atom. The maximum Gasteiger partial charge on any atom is 0.170 e. The lowest BCUT2D eigenvalue weighted by Crippen LogP contribution is -2.48. The Bertz CT molecular complexity index is 1080. The topological polar surface area (TPSA) is 76.9 Å². The summed E-state index contributed by atoms with van der Waals surface area (Å²) in [6, 6.07) is 14.5. The van der Waals surface area contributed by atoms with Gasteiger partial charge in [-0.15, -0.1) is 0 Å². The van der Waals surface area contributed by atoms with Crippen molar-refractivity contribution in [1.82, 2.24) is 20.1 Å². The second kappa shape index (κ2) is 7.78. The van der Waals surface area contributed by atoms with E-state index in [1.165, 1.54) is 11.9 Å². The molecular weight excluding hydrogens is 400 g/mol. The number of rotatable bonds is 3. The molecule has 0 spiro atoms. The minimum absolute atomic E-state index is 0.0366. The molecule has 4 atom stereocenters. The summed E-state index contributed by atoms with van der Waals surface area (Å²) in [5.74, 6) is -1.21. The zero-order valence-corrected chi connectivity index (χ0v) is 17.0. The molecule has 1 saturated carbocycles. The van der Waals surface area contributed by atoms with Crippen molar-refractivity contribution >= 4 is 23.2 Å². The summed E-state index contributed by atoms with van der Waals surface area (Å²) < 4.78 is 1.59. The summed E-state index contributed by atoms with van der Waals surface area (Å²) in [4.78, 5) is 31.2. The Balaban J connectivity index is 1.56. The molecular formula is C23H21ClN4O2. The third kappa shape index (κ3) is 3.26. The highest BCUT2D eigenvalue weighted by Gasteiger charge is 2.49. The third-order valence-corrected chi connectivity index (χ3v) is 6.50. The maximum atomic E-state index is 13.8. The van der Waals surface area contributed by atoms with Crippen molar-refractivity contribution < 1.29 is 9.59 Å².